The Morgan fingerprint density at radius 1 is 0.381 bits per heavy atom. The Morgan fingerprint density at radius 3 is 0.952 bits per heavy atom. The molecule has 2 rings (SSSR count). The smallest absolute Gasteiger partial charge is 0.171 e. The van der Waals surface area contributed by atoms with E-state index in [9.17, 15) is 0 Å². The number of nitrogens with zero attached hydrogens (tertiary/aromatic N) is 2. The third-order valence-electron chi connectivity index (χ3n) is 8.70. The second kappa shape index (κ2) is 29.4. The van der Waals surface area contributed by atoms with Crippen LogP contribution in [0.25, 0.3) is 0 Å². The van der Waals surface area contributed by atoms with E-state index in [1.807, 2.05) is 0 Å². The number of aryl methyl sites for hydroxylation is 4. The van der Waals surface area contributed by atoms with Crippen molar-refractivity contribution in [2.24, 2.45) is 0 Å². The maximum atomic E-state index is 2.36. The normalized spacial score (nSPS) is 11.0. The lowest BCUT2D eigenvalue weighted by molar-refractivity contribution is -0.697. The first kappa shape index (κ1) is 38.3. The van der Waals surface area contributed by atoms with Crippen LogP contribution in [-0.2, 0) is 25.9 Å². The van der Waals surface area contributed by atoms with Crippen LogP contribution in [0.2, 0.25) is 0 Å². The number of hydrogen-bond donors (Lipinski definition) is 0. The van der Waals surface area contributed by atoms with Gasteiger partial charge in [-0.25, -0.2) is 9.13 Å². The van der Waals surface area contributed by atoms with Crippen LogP contribution in [-0.4, -0.2) is 0 Å². The lowest BCUT2D eigenvalue weighted by Gasteiger charge is -2.02. The molecule has 2 aromatic rings. The zero-order chi connectivity index (χ0) is 30.4. The zero-order valence-electron chi connectivity index (χ0n) is 28.9. The Hall–Kier alpha value is -1.70. The van der Waals surface area contributed by atoms with Crippen molar-refractivity contribution in [1.29, 1.82) is 0 Å². The first-order chi connectivity index (χ1) is 20.7. The molecule has 0 spiro atoms. The SMILES string of the molecule is CCCCCCCCCCCCCC[n+]1cccc(CC)c1.CCCCCCCCCCCC[n+]1cccc(CC)c1. The standard InChI is InChI=1S/C21H38N.C19H34N/c1-3-5-6-7-8-9-10-11-12-13-14-15-18-22-19-16-17-21(4-2)20-22;1-3-5-6-7-8-9-10-11-12-13-16-20-17-14-15-19(4-2)18-20/h16-17,19-20H,3-15,18H2,1-2H3;14-15,17-18H,3-13,16H2,1-2H3/q2*+1. The minimum atomic E-state index is 1.14. The van der Waals surface area contributed by atoms with Crippen molar-refractivity contribution < 1.29 is 9.13 Å². The van der Waals surface area contributed by atoms with Crippen LogP contribution in [0.4, 0.5) is 0 Å². The summed E-state index contributed by atoms with van der Waals surface area (Å²) in [4.78, 5) is 0. The highest BCUT2D eigenvalue weighted by molar-refractivity contribution is 5.04. The number of aromatic nitrogens is 2. The van der Waals surface area contributed by atoms with Crippen LogP contribution < -0.4 is 9.13 Å². The Bertz CT molecular complexity index is 830. The molecule has 0 amide bonds. The van der Waals surface area contributed by atoms with E-state index in [1.165, 1.54) is 165 Å². The second-order valence-corrected chi connectivity index (χ2v) is 12.7. The summed E-state index contributed by atoms with van der Waals surface area (Å²) < 4.78 is 4.71. The molecule has 0 saturated carbocycles. The molecule has 0 aliphatic rings. The minimum absolute atomic E-state index is 1.14. The average molecular weight is 581 g/mol. The van der Waals surface area contributed by atoms with Crippen LogP contribution in [0, 0.1) is 0 Å². The molecule has 2 heterocycles. The lowest BCUT2D eigenvalue weighted by Crippen LogP contribution is -2.33. The van der Waals surface area contributed by atoms with Crippen LogP contribution in [0.15, 0.2) is 49.1 Å². The van der Waals surface area contributed by atoms with Gasteiger partial charge in [-0.3, -0.25) is 0 Å². The highest BCUT2D eigenvalue weighted by atomic mass is 14.9. The van der Waals surface area contributed by atoms with Gasteiger partial charge in [-0.2, -0.15) is 0 Å². The van der Waals surface area contributed by atoms with E-state index in [2.05, 4.69) is 85.9 Å². The molecule has 2 heteroatoms. The molecule has 2 nitrogen and oxygen atoms in total. The fourth-order valence-corrected chi connectivity index (χ4v) is 5.77. The van der Waals surface area contributed by atoms with Gasteiger partial charge in [0, 0.05) is 36.1 Å². The zero-order valence-corrected chi connectivity index (χ0v) is 28.9. The first-order valence-corrected chi connectivity index (χ1v) is 18.7. The Morgan fingerprint density at radius 2 is 0.667 bits per heavy atom. The van der Waals surface area contributed by atoms with Crippen molar-refractivity contribution >= 4 is 0 Å². The maximum Gasteiger partial charge on any atom is 0.171 e. The van der Waals surface area contributed by atoms with Crippen LogP contribution >= 0.6 is 0 Å². The maximum absolute atomic E-state index is 2.36. The summed E-state index contributed by atoms with van der Waals surface area (Å²) in [7, 11) is 0. The summed E-state index contributed by atoms with van der Waals surface area (Å²) in [5, 5.41) is 0. The third-order valence-corrected chi connectivity index (χ3v) is 8.70. The van der Waals surface area contributed by atoms with Crippen molar-refractivity contribution in [2.75, 3.05) is 0 Å². The summed E-state index contributed by atoms with van der Waals surface area (Å²) >= 11 is 0. The summed E-state index contributed by atoms with van der Waals surface area (Å²) in [5.41, 5.74) is 2.89. The molecule has 42 heavy (non-hydrogen) atoms. The van der Waals surface area contributed by atoms with E-state index in [0.717, 1.165) is 12.8 Å². The number of pyridine rings is 2. The second-order valence-electron chi connectivity index (χ2n) is 12.7. The topological polar surface area (TPSA) is 7.76 Å². The molecule has 0 aromatic carbocycles. The van der Waals surface area contributed by atoms with E-state index < -0.39 is 0 Å². The largest absolute Gasteiger partial charge is 0.205 e. The first-order valence-electron chi connectivity index (χ1n) is 18.7. The fourth-order valence-electron chi connectivity index (χ4n) is 5.77. The summed E-state index contributed by atoms with van der Waals surface area (Å²) in [5.74, 6) is 0. The van der Waals surface area contributed by atoms with E-state index in [-0.39, 0.29) is 0 Å². The predicted molar refractivity (Wildman–Crippen MR) is 185 cm³/mol. The molecular formula is C40H72N2+2. The predicted octanol–water partition coefficient (Wildman–Crippen LogP) is 11.7. The van der Waals surface area contributed by atoms with Gasteiger partial charge in [0.05, 0.1) is 0 Å². The van der Waals surface area contributed by atoms with Gasteiger partial charge < -0.3 is 0 Å². The monoisotopic (exact) mass is 581 g/mol. The molecule has 0 bridgehead atoms. The van der Waals surface area contributed by atoms with Gasteiger partial charge in [0.15, 0.2) is 24.8 Å². The van der Waals surface area contributed by atoms with Gasteiger partial charge >= 0.3 is 0 Å². The van der Waals surface area contributed by atoms with E-state index in [1.54, 1.807) is 0 Å². The molecule has 0 aliphatic carbocycles. The molecule has 0 aliphatic heterocycles. The van der Waals surface area contributed by atoms with Gasteiger partial charge in [0.2, 0.25) is 0 Å². The third kappa shape index (κ3) is 22.8. The average Bonchev–Trinajstić information content (AvgIpc) is 3.03. The molecule has 0 atom stereocenters. The molecule has 240 valence electrons. The van der Waals surface area contributed by atoms with E-state index >= 15 is 0 Å². The van der Waals surface area contributed by atoms with Crippen molar-refractivity contribution in [3.05, 3.63) is 60.2 Å². The van der Waals surface area contributed by atoms with E-state index in [0.29, 0.717) is 0 Å². The Labute approximate surface area is 263 Å². The number of unbranched alkanes of at least 4 members (excludes halogenated alkanes) is 20. The van der Waals surface area contributed by atoms with Gasteiger partial charge in [0.25, 0.3) is 0 Å². The van der Waals surface area contributed by atoms with Gasteiger partial charge in [-0.05, 0) is 37.8 Å². The molecular weight excluding hydrogens is 508 g/mol. The summed E-state index contributed by atoms with van der Waals surface area (Å²) in [6.45, 7) is 11.4. The summed E-state index contributed by atoms with van der Waals surface area (Å²) in [6.07, 6.45) is 42.5. The van der Waals surface area contributed by atoms with Crippen molar-refractivity contribution in [3.8, 4) is 0 Å². The molecule has 2 aromatic heterocycles. The fraction of sp³-hybridized carbons (Fsp3) is 0.750. The lowest BCUT2D eigenvalue weighted by atomic mass is 10.1. The van der Waals surface area contributed by atoms with Gasteiger partial charge in [0.1, 0.15) is 13.1 Å². The minimum Gasteiger partial charge on any atom is -0.205 e. The van der Waals surface area contributed by atoms with Crippen LogP contribution in [0.5, 0.6) is 0 Å². The van der Waals surface area contributed by atoms with Crippen molar-refractivity contribution in [3.63, 3.8) is 0 Å². The summed E-state index contributed by atoms with van der Waals surface area (Å²) in [6, 6.07) is 8.79. The molecule has 0 unspecified atom stereocenters. The van der Waals surface area contributed by atoms with E-state index in [4.69, 9.17) is 0 Å². The molecule has 0 radical (unpaired) electrons. The van der Waals surface area contributed by atoms with Crippen LogP contribution in [0.1, 0.15) is 180 Å². The van der Waals surface area contributed by atoms with Crippen molar-refractivity contribution in [2.45, 2.75) is 195 Å². The highest BCUT2D eigenvalue weighted by Crippen LogP contribution is 2.12. The Balaban J connectivity index is 0.000000422. The van der Waals surface area contributed by atoms with Gasteiger partial charge in [-0.1, -0.05) is 143 Å². The molecule has 0 fully saturated rings. The highest BCUT2D eigenvalue weighted by Gasteiger charge is 2.02. The quantitative estimate of drug-likeness (QED) is 0.0772. The van der Waals surface area contributed by atoms with Gasteiger partial charge in [-0.15, -0.1) is 0 Å². The number of rotatable bonds is 26. The van der Waals surface area contributed by atoms with Crippen molar-refractivity contribution in [1.82, 2.24) is 0 Å². The molecule has 0 N–H and O–H groups in total. The van der Waals surface area contributed by atoms with Crippen LogP contribution in [0.3, 0.4) is 0 Å². The number of hydrogen-bond acceptors (Lipinski definition) is 0. The Kier molecular flexibility index (Phi) is 26.8. The molecule has 0 saturated heterocycles.